The van der Waals surface area contributed by atoms with Crippen molar-refractivity contribution in [1.82, 2.24) is 10.2 Å². The number of nitrogens with one attached hydrogen (secondary N) is 2. The largest absolute Gasteiger partial charge is 0.275 e. The summed E-state index contributed by atoms with van der Waals surface area (Å²) in [4.78, 5) is 0. The maximum atomic E-state index is 12.1. The molecular weight excluding hydrogens is 310 g/mol. The maximum absolute atomic E-state index is 12.1. The standard InChI is InChI=1S/C17H13N3O2S/c21-23(22)11-14(12-7-3-1-4-8-12)15-16(18-19-17(15)20-23)13-9-5-2-6-10-13/h1-11H,(H2,18,19,20). The summed E-state index contributed by atoms with van der Waals surface area (Å²) < 4.78 is 26.7. The van der Waals surface area contributed by atoms with Gasteiger partial charge in [-0.15, -0.1) is 0 Å². The van der Waals surface area contributed by atoms with Crippen LogP contribution in [0.25, 0.3) is 16.8 Å². The van der Waals surface area contributed by atoms with E-state index in [1.54, 1.807) is 0 Å². The van der Waals surface area contributed by atoms with Crippen LogP contribution >= 0.6 is 0 Å². The molecule has 4 rings (SSSR count). The number of aromatic amines is 1. The normalized spacial score (nSPS) is 15.4. The molecule has 2 N–H and O–H groups in total. The average molecular weight is 323 g/mol. The quantitative estimate of drug-likeness (QED) is 0.760. The summed E-state index contributed by atoms with van der Waals surface area (Å²) in [5.41, 5.74) is 3.96. The predicted octanol–water partition coefficient (Wildman–Crippen LogP) is 3.22. The van der Waals surface area contributed by atoms with Crippen LogP contribution in [-0.4, -0.2) is 18.6 Å². The number of hydrogen-bond acceptors (Lipinski definition) is 3. The minimum absolute atomic E-state index is 0.324. The number of rotatable bonds is 2. The van der Waals surface area contributed by atoms with E-state index in [0.29, 0.717) is 11.4 Å². The first-order valence-electron chi connectivity index (χ1n) is 7.08. The van der Waals surface area contributed by atoms with Gasteiger partial charge < -0.3 is 0 Å². The Balaban J connectivity index is 1.98. The van der Waals surface area contributed by atoms with Crippen LogP contribution in [0.15, 0.2) is 66.1 Å². The molecule has 3 aromatic rings. The van der Waals surface area contributed by atoms with E-state index in [0.717, 1.165) is 22.4 Å². The molecular formula is C17H13N3O2S. The molecule has 1 aliphatic rings. The van der Waals surface area contributed by atoms with Gasteiger partial charge in [0, 0.05) is 11.1 Å². The molecule has 0 aliphatic carbocycles. The molecule has 23 heavy (non-hydrogen) atoms. The zero-order valence-corrected chi connectivity index (χ0v) is 12.8. The van der Waals surface area contributed by atoms with Gasteiger partial charge in [-0.1, -0.05) is 60.7 Å². The molecule has 114 valence electrons. The van der Waals surface area contributed by atoms with E-state index in [9.17, 15) is 8.42 Å². The number of anilines is 1. The minimum atomic E-state index is -3.56. The number of fused-ring (bicyclic) bond motifs is 1. The second kappa shape index (κ2) is 5.10. The van der Waals surface area contributed by atoms with Crippen LogP contribution < -0.4 is 4.72 Å². The molecule has 0 bridgehead atoms. The monoisotopic (exact) mass is 323 g/mol. The van der Waals surface area contributed by atoms with Crippen molar-refractivity contribution < 1.29 is 8.42 Å². The lowest BCUT2D eigenvalue weighted by molar-refractivity contribution is 0.609. The third-order valence-corrected chi connectivity index (χ3v) is 4.72. The summed E-state index contributed by atoms with van der Waals surface area (Å²) in [7, 11) is -3.56. The van der Waals surface area contributed by atoms with Gasteiger partial charge >= 0.3 is 0 Å². The van der Waals surface area contributed by atoms with Crippen molar-refractivity contribution >= 4 is 21.4 Å². The molecule has 5 nitrogen and oxygen atoms in total. The van der Waals surface area contributed by atoms with Crippen LogP contribution in [0.1, 0.15) is 11.1 Å². The van der Waals surface area contributed by atoms with Crippen molar-refractivity contribution in [3.63, 3.8) is 0 Å². The predicted molar refractivity (Wildman–Crippen MR) is 90.1 cm³/mol. The smallest absolute Gasteiger partial charge is 0.256 e. The molecule has 1 aliphatic heterocycles. The molecule has 0 atom stereocenters. The molecule has 6 heteroatoms. The van der Waals surface area contributed by atoms with Crippen molar-refractivity contribution in [2.75, 3.05) is 4.72 Å². The Labute approximate surface area is 133 Å². The molecule has 0 unspecified atom stereocenters. The van der Waals surface area contributed by atoms with Crippen LogP contribution in [-0.2, 0) is 10.0 Å². The number of nitrogens with zero attached hydrogens (tertiary/aromatic N) is 1. The first-order chi connectivity index (χ1) is 11.1. The Kier molecular flexibility index (Phi) is 3.06. The number of sulfonamides is 1. The number of H-pyrrole nitrogens is 1. The molecule has 0 saturated heterocycles. The van der Waals surface area contributed by atoms with Gasteiger partial charge in [0.2, 0.25) is 0 Å². The van der Waals surface area contributed by atoms with Gasteiger partial charge in [-0.25, -0.2) is 8.42 Å². The Bertz CT molecular complexity index is 991. The molecule has 2 heterocycles. The van der Waals surface area contributed by atoms with E-state index in [2.05, 4.69) is 14.9 Å². The van der Waals surface area contributed by atoms with Crippen molar-refractivity contribution in [3.05, 3.63) is 77.2 Å². The van der Waals surface area contributed by atoms with E-state index in [1.165, 1.54) is 5.41 Å². The third-order valence-electron chi connectivity index (χ3n) is 3.69. The van der Waals surface area contributed by atoms with E-state index in [-0.39, 0.29) is 0 Å². The van der Waals surface area contributed by atoms with Crippen molar-refractivity contribution in [1.29, 1.82) is 0 Å². The maximum Gasteiger partial charge on any atom is 0.256 e. The van der Waals surface area contributed by atoms with Crippen LogP contribution in [0, 0.1) is 0 Å². The zero-order valence-electron chi connectivity index (χ0n) is 12.0. The molecule has 0 fully saturated rings. The summed E-state index contributed by atoms with van der Waals surface area (Å²) >= 11 is 0. The summed E-state index contributed by atoms with van der Waals surface area (Å²) in [6.45, 7) is 0. The highest BCUT2D eigenvalue weighted by Gasteiger charge is 2.28. The molecule has 2 aromatic carbocycles. The summed E-state index contributed by atoms with van der Waals surface area (Å²) in [6.07, 6.45) is 0. The van der Waals surface area contributed by atoms with Crippen molar-refractivity contribution in [2.45, 2.75) is 0 Å². The second-order valence-corrected chi connectivity index (χ2v) is 6.76. The van der Waals surface area contributed by atoms with Crippen LogP contribution in [0.5, 0.6) is 0 Å². The Morgan fingerprint density at radius 1 is 0.826 bits per heavy atom. The van der Waals surface area contributed by atoms with Gasteiger partial charge in [0.1, 0.15) is 0 Å². The van der Waals surface area contributed by atoms with Crippen molar-refractivity contribution in [2.24, 2.45) is 0 Å². The molecule has 0 radical (unpaired) electrons. The van der Waals surface area contributed by atoms with Crippen LogP contribution in [0.2, 0.25) is 0 Å². The van der Waals surface area contributed by atoms with Gasteiger partial charge in [-0.2, -0.15) is 5.10 Å². The molecule has 0 spiro atoms. The topological polar surface area (TPSA) is 74.8 Å². The first-order valence-corrected chi connectivity index (χ1v) is 8.63. The fraction of sp³-hybridized carbons (Fsp3) is 0. The van der Waals surface area contributed by atoms with Gasteiger partial charge in [0.05, 0.1) is 16.7 Å². The minimum Gasteiger partial charge on any atom is -0.275 e. The molecule has 0 saturated carbocycles. The van der Waals surface area contributed by atoms with Crippen LogP contribution in [0.3, 0.4) is 0 Å². The Morgan fingerprint density at radius 2 is 1.43 bits per heavy atom. The van der Waals surface area contributed by atoms with E-state index in [1.807, 2.05) is 60.7 Å². The lowest BCUT2D eigenvalue weighted by atomic mass is 9.96. The molecule has 1 aromatic heterocycles. The highest BCUT2D eigenvalue weighted by atomic mass is 32.2. The summed E-state index contributed by atoms with van der Waals surface area (Å²) in [5, 5.41) is 8.36. The van der Waals surface area contributed by atoms with Gasteiger partial charge in [-0.05, 0) is 5.56 Å². The van der Waals surface area contributed by atoms with E-state index in [4.69, 9.17) is 0 Å². The first kappa shape index (κ1) is 13.8. The van der Waals surface area contributed by atoms with Crippen molar-refractivity contribution in [3.8, 4) is 11.3 Å². The highest BCUT2D eigenvalue weighted by molar-refractivity contribution is 7.95. The fourth-order valence-corrected chi connectivity index (χ4v) is 3.74. The lowest BCUT2D eigenvalue weighted by Gasteiger charge is -2.16. The fourth-order valence-electron chi connectivity index (χ4n) is 2.70. The highest BCUT2D eigenvalue weighted by Crippen LogP contribution is 2.39. The summed E-state index contributed by atoms with van der Waals surface area (Å²) in [5.74, 6) is 0.324. The van der Waals surface area contributed by atoms with Gasteiger partial charge in [-0.3, -0.25) is 9.82 Å². The number of benzene rings is 2. The van der Waals surface area contributed by atoms with Gasteiger partial charge in [0.25, 0.3) is 10.0 Å². The third kappa shape index (κ3) is 2.43. The Morgan fingerprint density at radius 3 is 2.09 bits per heavy atom. The van der Waals surface area contributed by atoms with E-state index < -0.39 is 10.0 Å². The zero-order chi connectivity index (χ0) is 15.9. The SMILES string of the molecule is O=S1(=O)C=C(c2ccccc2)c2c(n[nH]c2-c2ccccc2)N1. The number of aromatic nitrogens is 2. The summed E-state index contributed by atoms with van der Waals surface area (Å²) in [6, 6.07) is 19.1. The van der Waals surface area contributed by atoms with E-state index >= 15 is 0 Å². The molecule has 0 amide bonds. The van der Waals surface area contributed by atoms with Crippen LogP contribution in [0.4, 0.5) is 5.82 Å². The second-order valence-electron chi connectivity index (χ2n) is 5.23. The average Bonchev–Trinajstić information content (AvgIpc) is 2.98. The van der Waals surface area contributed by atoms with Gasteiger partial charge in [0.15, 0.2) is 5.82 Å². The Hall–Kier alpha value is -2.86. The lowest BCUT2D eigenvalue weighted by Crippen LogP contribution is -2.16. The number of hydrogen-bond donors (Lipinski definition) is 2.